The second-order valence-corrected chi connectivity index (χ2v) is 12.0. The Bertz CT molecular complexity index is 886. The second kappa shape index (κ2) is 7.64. The van der Waals surface area contributed by atoms with Gasteiger partial charge in [0.25, 0.3) is 0 Å². The van der Waals surface area contributed by atoms with Gasteiger partial charge in [0.1, 0.15) is 0 Å². The highest BCUT2D eigenvalue weighted by Crippen LogP contribution is 2.55. The van der Waals surface area contributed by atoms with Crippen molar-refractivity contribution in [3.63, 3.8) is 0 Å². The van der Waals surface area contributed by atoms with Gasteiger partial charge in [-0.3, -0.25) is 0 Å². The summed E-state index contributed by atoms with van der Waals surface area (Å²) in [5, 5.41) is 3.54. The number of nitrogens with zero attached hydrogens (tertiary/aromatic N) is 1. The molecule has 0 atom stereocenters. The highest BCUT2D eigenvalue weighted by atomic mass is 79.9. The van der Waals surface area contributed by atoms with Gasteiger partial charge in [0.2, 0.25) is 0 Å². The Morgan fingerprint density at radius 3 is 2.45 bits per heavy atom. The smallest absolute Gasteiger partial charge is 0.317 e. The van der Waals surface area contributed by atoms with Crippen LogP contribution in [0.25, 0.3) is 5.57 Å². The van der Waals surface area contributed by atoms with E-state index in [-0.39, 0.29) is 11.4 Å². The molecule has 7 rings (SSSR count). The van der Waals surface area contributed by atoms with Crippen molar-refractivity contribution in [1.82, 2.24) is 10.2 Å². The standard InChI is InChI=1S/C27H35BrN2O/c1-2-4-19-16-27(24-22(19)5-3-6-23(24)28)7-9-30(10-8-27)26(31)29-25-20-12-17-11-18(14-20)15-21(25)13-17/h3-6,17-18,20-21,25H,2,7-16H2,1H3,(H,29,31)/b19-4-. The molecule has 6 aliphatic rings. The molecule has 31 heavy (non-hydrogen) atoms. The third kappa shape index (κ3) is 3.31. The lowest BCUT2D eigenvalue weighted by molar-refractivity contribution is -0.0115. The van der Waals surface area contributed by atoms with E-state index in [1.165, 1.54) is 53.3 Å². The van der Waals surface area contributed by atoms with E-state index in [1.54, 1.807) is 0 Å². The van der Waals surface area contributed by atoms with Crippen molar-refractivity contribution in [2.24, 2.45) is 23.7 Å². The average molecular weight is 483 g/mol. The average Bonchev–Trinajstić information content (AvgIpc) is 3.05. The molecule has 5 aliphatic carbocycles. The number of benzene rings is 1. The fourth-order valence-corrected chi connectivity index (χ4v) is 9.05. The first-order valence-corrected chi connectivity index (χ1v) is 13.4. The molecule has 0 aromatic heterocycles. The lowest BCUT2D eigenvalue weighted by atomic mass is 9.54. The third-order valence-corrected chi connectivity index (χ3v) is 10.1. The first-order chi connectivity index (χ1) is 15.1. The number of fused-ring (bicyclic) bond motifs is 2. The monoisotopic (exact) mass is 482 g/mol. The highest BCUT2D eigenvalue weighted by Gasteiger charge is 2.49. The van der Waals surface area contributed by atoms with E-state index in [9.17, 15) is 4.79 Å². The number of carbonyl (C=O) groups is 1. The molecule has 0 unspecified atom stereocenters. The zero-order valence-electron chi connectivity index (χ0n) is 18.7. The van der Waals surface area contributed by atoms with Crippen LogP contribution in [-0.2, 0) is 5.41 Å². The van der Waals surface area contributed by atoms with Crippen LogP contribution < -0.4 is 5.32 Å². The summed E-state index contributed by atoms with van der Waals surface area (Å²) in [6.45, 7) is 3.98. The zero-order chi connectivity index (χ0) is 21.2. The molecule has 1 N–H and O–H groups in total. The molecular formula is C27H35BrN2O. The molecule has 5 fully saturated rings. The van der Waals surface area contributed by atoms with Crippen molar-refractivity contribution < 1.29 is 4.79 Å². The van der Waals surface area contributed by atoms with E-state index < -0.39 is 0 Å². The topological polar surface area (TPSA) is 32.3 Å². The van der Waals surface area contributed by atoms with Crippen LogP contribution in [0.1, 0.15) is 75.8 Å². The summed E-state index contributed by atoms with van der Waals surface area (Å²) >= 11 is 3.86. The van der Waals surface area contributed by atoms with Crippen LogP contribution in [0.4, 0.5) is 4.79 Å². The minimum absolute atomic E-state index is 0.190. The number of rotatable bonds is 2. The maximum Gasteiger partial charge on any atom is 0.317 e. The molecule has 1 saturated heterocycles. The minimum atomic E-state index is 0.190. The fraction of sp³-hybridized carbons (Fsp3) is 0.667. The van der Waals surface area contributed by atoms with Gasteiger partial charge < -0.3 is 10.2 Å². The molecule has 2 amide bonds. The Labute approximate surface area is 195 Å². The third-order valence-electron chi connectivity index (χ3n) is 9.39. The summed E-state index contributed by atoms with van der Waals surface area (Å²) in [7, 11) is 0. The number of hydrogen-bond acceptors (Lipinski definition) is 1. The van der Waals surface area contributed by atoms with Crippen molar-refractivity contribution in [2.45, 2.75) is 76.2 Å². The summed E-state index contributed by atoms with van der Waals surface area (Å²) in [5.41, 5.74) is 4.62. The first-order valence-electron chi connectivity index (χ1n) is 12.6. The van der Waals surface area contributed by atoms with E-state index in [2.05, 4.69) is 57.3 Å². The highest BCUT2D eigenvalue weighted by molar-refractivity contribution is 9.10. The molecule has 1 spiro atoms. The van der Waals surface area contributed by atoms with Gasteiger partial charge in [-0.05, 0) is 104 Å². The molecule has 3 nitrogen and oxygen atoms in total. The van der Waals surface area contributed by atoms with Crippen LogP contribution in [-0.4, -0.2) is 30.1 Å². The Kier molecular flexibility index (Phi) is 5.01. The molecule has 0 radical (unpaired) electrons. The predicted octanol–water partition coefficient (Wildman–Crippen LogP) is 6.51. The molecule has 1 aliphatic heterocycles. The largest absolute Gasteiger partial charge is 0.335 e. The summed E-state index contributed by atoms with van der Waals surface area (Å²) in [6, 6.07) is 7.31. The van der Waals surface area contributed by atoms with Gasteiger partial charge in [-0.25, -0.2) is 4.79 Å². The molecule has 1 aromatic carbocycles. The van der Waals surface area contributed by atoms with Crippen LogP contribution in [0.5, 0.6) is 0 Å². The molecule has 1 aromatic rings. The SMILES string of the molecule is CC/C=C1/CC2(CCN(C(=O)NC3C4CC5CC(C4)CC3C5)CC2)c2c(Br)cccc21. The van der Waals surface area contributed by atoms with E-state index in [0.29, 0.717) is 6.04 Å². The van der Waals surface area contributed by atoms with E-state index in [1.807, 2.05) is 0 Å². The van der Waals surface area contributed by atoms with Gasteiger partial charge in [-0.2, -0.15) is 0 Å². The number of likely N-dealkylation sites (tertiary alicyclic amines) is 1. The quantitative estimate of drug-likeness (QED) is 0.511. The predicted molar refractivity (Wildman–Crippen MR) is 129 cm³/mol. The lowest BCUT2D eigenvalue weighted by Crippen LogP contribution is -2.59. The van der Waals surface area contributed by atoms with Gasteiger partial charge in [-0.15, -0.1) is 0 Å². The summed E-state index contributed by atoms with van der Waals surface area (Å²) in [5.74, 6) is 3.40. The number of amides is 2. The molecule has 4 saturated carbocycles. The number of allylic oxidation sites excluding steroid dienone is 2. The Morgan fingerprint density at radius 1 is 1.13 bits per heavy atom. The summed E-state index contributed by atoms with van der Waals surface area (Å²) < 4.78 is 1.25. The van der Waals surface area contributed by atoms with Gasteiger partial charge >= 0.3 is 6.03 Å². The van der Waals surface area contributed by atoms with Gasteiger partial charge in [-0.1, -0.05) is 41.1 Å². The Morgan fingerprint density at radius 2 is 1.81 bits per heavy atom. The Balaban J connectivity index is 1.15. The van der Waals surface area contributed by atoms with Gasteiger partial charge in [0.05, 0.1) is 0 Å². The molecule has 166 valence electrons. The summed E-state index contributed by atoms with van der Waals surface area (Å²) in [4.78, 5) is 15.4. The van der Waals surface area contributed by atoms with Crippen molar-refractivity contribution in [2.75, 3.05) is 13.1 Å². The number of nitrogens with one attached hydrogen (secondary N) is 1. The summed E-state index contributed by atoms with van der Waals surface area (Å²) in [6.07, 6.45) is 13.7. The maximum atomic E-state index is 13.3. The number of hydrogen-bond donors (Lipinski definition) is 1. The number of carbonyl (C=O) groups excluding carboxylic acids is 1. The van der Waals surface area contributed by atoms with E-state index in [0.717, 1.165) is 62.4 Å². The van der Waals surface area contributed by atoms with Crippen LogP contribution in [0, 0.1) is 23.7 Å². The van der Waals surface area contributed by atoms with Gasteiger partial charge in [0, 0.05) is 29.0 Å². The first kappa shape index (κ1) is 20.3. The van der Waals surface area contributed by atoms with Gasteiger partial charge in [0.15, 0.2) is 0 Å². The van der Waals surface area contributed by atoms with Crippen LogP contribution in [0.15, 0.2) is 28.7 Å². The van der Waals surface area contributed by atoms with E-state index >= 15 is 0 Å². The van der Waals surface area contributed by atoms with Crippen molar-refractivity contribution in [3.05, 3.63) is 39.9 Å². The molecular weight excluding hydrogens is 448 g/mol. The van der Waals surface area contributed by atoms with Crippen molar-refractivity contribution in [3.8, 4) is 0 Å². The van der Waals surface area contributed by atoms with Crippen LogP contribution in [0.2, 0.25) is 0 Å². The zero-order valence-corrected chi connectivity index (χ0v) is 20.3. The number of piperidine rings is 1. The lowest BCUT2D eigenvalue weighted by Gasteiger charge is -2.54. The molecule has 1 heterocycles. The van der Waals surface area contributed by atoms with Crippen LogP contribution in [0.3, 0.4) is 0 Å². The number of halogens is 1. The van der Waals surface area contributed by atoms with Crippen molar-refractivity contribution in [1.29, 1.82) is 0 Å². The normalized spacial score (nSPS) is 36.3. The van der Waals surface area contributed by atoms with E-state index in [4.69, 9.17) is 0 Å². The fourth-order valence-electron chi connectivity index (χ4n) is 8.27. The molecule has 4 heteroatoms. The Hall–Kier alpha value is -1.29. The maximum absolute atomic E-state index is 13.3. The van der Waals surface area contributed by atoms with Crippen molar-refractivity contribution >= 4 is 27.5 Å². The number of urea groups is 1. The minimum Gasteiger partial charge on any atom is -0.335 e. The van der Waals surface area contributed by atoms with Crippen LogP contribution >= 0.6 is 15.9 Å². The second-order valence-electron chi connectivity index (χ2n) is 11.2. The molecule has 4 bridgehead atoms.